The zero-order valence-electron chi connectivity index (χ0n) is 11.1. The molecular formula is C14H13F2N3O2. The third-order valence-corrected chi connectivity index (χ3v) is 3.54. The van der Waals surface area contributed by atoms with Crippen LogP contribution < -0.4 is 5.32 Å². The van der Waals surface area contributed by atoms with Crippen molar-refractivity contribution in [2.24, 2.45) is 0 Å². The minimum atomic E-state index is -1.10. The fourth-order valence-electron chi connectivity index (χ4n) is 2.53. The van der Waals surface area contributed by atoms with E-state index in [0.717, 1.165) is 11.8 Å². The largest absolute Gasteiger partial charge is 0.476 e. The summed E-state index contributed by atoms with van der Waals surface area (Å²) >= 11 is 0. The number of carboxylic acid groups (broad SMARTS) is 1. The first kappa shape index (κ1) is 13.7. The quantitative estimate of drug-likeness (QED) is 0.901. The molecule has 5 nitrogen and oxygen atoms in total. The second-order valence-electron chi connectivity index (χ2n) is 4.90. The zero-order chi connectivity index (χ0) is 15.0. The smallest absolute Gasteiger partial charge is 0.356 e. The van der Waals surface area contributed by atoms with Crippen LogP contribution in [0.2, 0.25) is 0 Å². The zero-order valence-corrected chi connectivity index (χ0v) is 11.1. The Balaban J connectivity index is 2.00. The van der Waals surface area contributed by atoms with Gasteiger partial charge in [-0.2, -0.15) is 5.10 Å². The van der Waals surface area contributed by atoms with Crippen molar-refractivity contribution < 1.29 is 18.7 Å². The number of fused-ring (bicyclic) bond motifs is 1. The molecule has 1 aliphatic heterocycles. The SMILES string of the molecule is O=C(O)c1nn(Cc2ccc(F)cc2F)c2c1CNCC2. The van der Waals surface area contributed by atoms with Crippen molar-refractivity contribution >= 4 is 5.97 Å². The third-order valence-electron chi connectivity index (χ3n) is 3.54. The molecule has 21 heavy (non-hydrogen) atoms. The molecule has 0 radical (unpaired) electrons. The van der Waals surface area contributed by atoms with E-state index in [1.54, 1.807) is 0 Å². The summed E-state index contributed by atoms with van der Waals surface area (Å²) in [6, 6.07) is 3.33. The number of carboxylic acids is 1. The first-order valence-electron chi connectivity index (χ1n) is 6.52. The van der Waals surface area contributed by atoms with Crippen LogP contribution in [0.25, 0.3) is 0 Å². The van der Waals surface area contributed by atoms with Gasteiger partial charge in [0.1, 0.15) is 11.6 Å². The van der Waals surface area contributed by atoms with Gasteiger partial charge in [-0.05, 0) is 6.07 Å². The van der Waals surface area contributed by atoms with Crippen LogP contribution in [0, 0.1) is 11.6 Å². The lowest BCUT2D eigenvalue weighted by Gasteiger charge is -2.15. The molecule has 2 N–H and O–H groups in total. The summed E-state index contributed by atoms with van der Waals surface area (Å²) in [5.74, 6) is -2.41. The summed E-state index contributed by atoms with van der Waals surface area (Å²) in [6.45, 7) is 1.23. The Morgan fingerprint density at radius 1 is 1.43 bits per heavy atom. The maximum absolute atomic E-state index is 13.7. The van der Waals surface area contributed by atoms with Crippen LogP contribution in [-0.2, 0) is 19.5 Å². The number of hydrogen-bond acceptors (Lipinski definition) is 3. The van der Waals surface area contributed by atoms with Gasteiger partial charge in [0.05, 0.1) is 6.54 Å². The van der Waals surface area contributed by atoms with Gasteiger partial charge in [0.15, 0.2) is 5.69 Å². The lowest BCUT2D eigenvalue weighted by Crippen LogP contribution is -2.25. The highest BCUT2D eigenvalue weighted by molar-refractivity contribution is 5.87. The van der Waals surface area contributed by atoms with Crippen molar-refractivity contribution in [3.63, 3.8) is 0 Å². The van der Waals surface area contributed by atoms with Crippen molar-refractivity contribution in [2.45, 2.75) is 19.5 Å². The van der Waals surface area contributed by atoms with Gasteiger partial charge < -0.3 is 10.4 Å². The molecule has 7 heteroatoms. The summed E-state index contributed by atoms with van der Waals surface area (Å²) in [5, 5.41) is 16.3. The molecule has 1 aliphatic rings. The Morgan fingerprint density at radius 2 is 2.24 bits per heavy atom. The number of halogens is 2. The molecule has 0 bridgehead atoms. The van der Waals surface area contributed by atoms with E-state index in [9.17, 15) is 18.7 Å². The Labute approximate surface area is 119 Å². The maximum Gasteiger partial charge on any atom is 0.356 e. The summed E-state index contributed by atoms with van der Waals surface area (Å²) in [6.07, 6.45) is 0.623. The monoisotopic (exact) mass is 293 g/mol. The Hall–Kier alpha value is -2.28. The molecule has 2 heterocycles. The minimum Gasteiger partial charge on any atom is -0.476 e. The first-order valence-corrected chi connectivity index (χ1v) is 6.52. The van der Waals surface area contributed by atoms with Crippen molar-refractivity contribution in [3.8, 4) is 0 Å². The highest BCUT2D eigenvalue weighted by Crippen LogP contribution is 2.20. The number of nitrogens with one attached hydrogen (secondary N) is 1. The first-order chi connectivity index (χ1) is 10.1. The third kappa shape index (κ3) is 2.52. The van der Waals surface area contributed by atoms with Crippen LogP contribution in [0.5, 0.6) is 0 Å². The normalized spacial score (nSPS) is 14.0. The molecule has 0 atom stereocenters. The van der Waals surface area contributed by atoms with Crippen molar-refractivity contribution in [1.82, 2.24) is 15.1 Å². The average molecular weight is 293 g/mol. The fraction of sp³-hybridized carbons (Fsp3) is 0.286. The van der Waals surface area contributed by atoms with Gasteiger partial charge in [0, 0.05) is 42.4 Å². The predicted octanol–water partition coefficient (Wildman–Crippen LogP) is 1.55. The fourth-order valence-corrected chi connectivity index (χ4v) is 2.53. The molecule has 110 valence electrons. The molecular weight excluding hydrogens is 280 g/mol. The number of rotatable bonds is 3. The Bertz CT molecular complexity index is 712. The molecule has 0 amide bonds. The Kier molecular flexibility index (Phi) is 3.42. The molecule has 1 aromatic carbocycles. The minimum absolute atomic E-state index is 0.0141. The molecule has 0 aliphatic carbocycles. The lowest BCUT2D eigenvalue weighted by atomic mass is 10.1. The molecule has 1 aromatic heterocycles. The van der Waals surface area contributed by atoms with Crippen LogP contribution >= 0.6 is 0 Å². The number of benzene rings is 1. The predicted molar refractivity (Wildman–Crippen MR) is 70.1 cm³/mol. The van der Waals surface area contributed by atoms with E-state index in [4.69, 9.17) is 0 Å². The van der Waals surface area contributed by atoms with Gasteiger partial charge in [-0.15, -0.1) is 0 Å². The number of aromatic carboxylic acids is 1. The number of nitrogens with zero attached hydrogens (tertiary/aromatic N) is 2. The van der Waals surface area contributed by atoms with E-state index in [0.29, 0.717) is 25.1 Å². The van der Waals surface area contributed by atoms with Gasteiger partial charge in [0.25, 0.3) is 0 Å². The van der Waals surface area contributed by atoms with Crippen LogP contribution in [0.4, 0.5) is 8.78 Å². The molecule has 3 rings (SSSR count). The van der Waals surface area contributed by atoms with Crippen LogP contribution in [-0.4, -0.2) is 27.4 Å². The van der Waals surface area contributed by atoms with Crippen molar-refractivity contribution in [3.05, 3.63) is 52.3 Å². The van der Waals surface area contributed by atoms with Crippen molar-refractivity contribution in [2.75, 3.05) is 6.54 Å². The second-order valence-corrected chi connectivity index (χ2v) is 4.90. The van der Waals surface area contributed by atoms with Gasteiger partial charge in [-0.1, -0.05) is 6.07 Å². The van der Waals surface area contributed by atoms with E-state index >= 15 is 0 Å². The van der Waals surface area contributed by atoms with Crippen LogP contribution in [0.3, 0.4) is 0 Å². The summed E-state index contributed by atoms with van der Waals surface area (Å²) in [5.41, 5.74) is 1.68. The molecule has 0 saturated heterocycles. The second kappa shape index (κ2) is 5.25. The van der Waals surface area contributed by atoms with E-state index in [1.807, 2.05) is 0 Å². The van der Waals surface area contributed by atoms with Gasteiger partial charge in [-0.3, -0.25) is 4.68 Å². The molecule has 0 fully saturated rings. The van der Waals surface area contributed by atoms with E-state index in [1.165, 1.54) is 16.8 Å². The summed E-state index contributed by atoms with van der Waals surface area (Å²) in [7, 11) is 0. The van der Waals surface area contributed by atoms with E-state index in [2.05, 4.69) is 10.4 Å². The van der Waals surface area contributed by atoms with Gasteiger partial charge in [0.2, 0.25) is 0 Å². The van der Waals surface area contributed by atoms with E-state index in [-0.39, 0.29) is 17.8 Å². The Morgan fingerprint density at radius 3 is 2.95 bits per heavy atom. The van der Waals surface area contributed by atoms with Crippen LogP contribution in [0.1, 0.15) is 27.3 Å². The molecule has 0 spiro atoms. The standard InChI is InChI=1S/C14H13F2N3O2/c15-9-2-1-8(11(16)5-9)7-19-12-3-4-17-6-10(12)13(18-19)14(20)21/h1-2,5,17H,3-4,6-7H2,(H,20,21). The topological polar surface area (TPSA) is 67.1 Å². The van der Waals surface area contributed by atoms with E-state index < -0.39 is 17.6 Å². The highest BCUT2D eigenvalue weighted by Gasteiger charge is 2.24. The number of hydrogen-bond donors (Lipinski definition) is 2. The number of carbonyl (C=O) groups is 1. The molecule has 0 unspecified atom stereocenters. The van der Waals surface area contributed by atoms with Crippen molar-refractivity contribution in [1.29, 1.82) is 0 Å². The molecule has 0 saturated carbocycles. The number of aromatic nitrogens is 2. The van der Waals surface area contributed by atoms with Gasteiger partial charge >= 0.3 is 5.97 Å². The molecule has 2 aromatic rings. The maximum atomic E-state index is 13.7. The van der Waals surface area contributed by atoms with Gasteiger partial charge in [-0.25, -0.2) is 13.6 Å². The van der Waals surface area contributed by atoms with Crippen LogP contribution in [0.15, 0.2) is 18.2 Å². The highest BCUT2D eigenvalue weighted by atomic mass is 19.1. The average Bonchev–Trinajstić information content (AvgIpc) is 2.81. The lowest BCUT2D eigenvalue weighted by molar-refractivity contribution is 0.0688. The summed E-state index contributed by atoms with van der Waals surface area (Å²) < 4.78 is 28.1. The summed E-state index contributed by atoms with van der Waals surface area (Å²) in [4.78, 5) is 11.2.